The second-order valence-electron chi connectivity index (χ2n) is 6.55. The zero-order valence-corrected chi connectivity index (χ0v) is 15.2. The number of hydrogen-bond donors (Lipinski definition) is 2. The van der Waals surface area contributed by atoms with Crippen LogP contribution in [0.3, 0.4) is 0 Å². The number of nitrogens with one attached hydrogen (secondary N) is 1. The summed E-state index contributed by atoms with van der Waals surface area (Å²) < 4.78 is 0. The van der Waals surface area contributed by atoms with E-state index in [1.165, 1.54) is 11.6 Å². The minimum Gasteiger partial charge on any atom is -0.366 e. The van der Waals surface area contributed by atoms with E-state index in [2.05, 4.69) is 18.3 Å². The van der Waals surface area contributed by atoms with Crippen molar-refractivity contribution in [1.82, 2.24) is 0 Å². The number of hydrogen-bond acceptors (Lipinski definition) is 2. The summed E-state index contributed by atoms with van der Waals surface area (Å²) in [5, 5.41) is 2.91. The highest BCUT2D eigenvalue weighted by Gasteiger charge is 2.21. The molecule has 4 heteroatoms. The van der Waals surface area contributed by atoms with Crippen molar-refractivity contribution >= 4 is 23.6 Å². The number of rotatable bonds is 4. The van der Waals surface area contributed by atoms with Crippen molar-refractivity contribution in [2.45, 2.75) is 27.2 Å². The van der Waals surface area contributed by atoms with Gasteiger partial charge in [-0.05, 0) is 73.2 Å². The van der Waals surface area contributed by atoms with Crippen LogP contribution in [0, 0.1) is 6.92 Å². The molecule has 0 fully saturated rings. The van der Waals surface area contributed by atoms with Crippen molar-refractivity contribution in [2.75, 3.05) is 5.32 Å². The molecule has 132 valence electrons. The van der Waals surface area contributed by atoms with Gasteiger partial charge in [0.1, 0.15) is 0 Å². The van der Waals surface area contributed by atoms with E-state index in [0.29, 0.717) is 5.56 Å². The molecular weight excluding hydrogens is 324 g/mol. The Balaban J connectivity index is 2.12. The number of benzene rings is 2. The third-order valence-corrected chi connectivity index (χ3v) is 4.67. The van der Waals surface area contributed by atoms with E-state index in [1.54, 1.807) is 19.1 Å². The molecule has 1 aliphatic carbocycles. The average molecular weight is 346 g/mol. The Bertz CT molecular complexity index is 968. The summed E-state index contributed by atoms with van der Waals surface area (Å²) in [7, 11) is 0. The quantitative estimate of drug-likeness (QED) is 0.813. The molecule has 0 saturated heterocycles. The molecule has 0 aliphatic heterocycles. The molecule has 2 aromatic rings. The first-order valence-electron chi connectivity index (χ1n) is 8.59. The van der Waals surface area contributed by atoms with Crippen LogP contribution in [0.25, 0.3) is 17.2 Å². The van der Waals surface area contributed by atoms with Crippen LogP contribution < -0.4 is 11.1 Å². The Morgan fingerprint density at radius 1 is 1.12 bits per heavy atom. The summed E-state index contributed by atoms with van der Waals surface area (Å²) in [6, 6.07) is 9.58. The maximum absolute atomic E-state index is 11.9. The highest BCUT2D eigenvalue weighted by molar-refractivity contribution is 6.01. The Hall–Kier alpha value is -3.14. The lowest BCUT2D eigenvalue weighted by Crippen LogP contribution is -2.14. The maximum Gasteiger partial charge on any atom is 0.249 e. The normalized spacial score (nSPS) is 12.8. The second kappa shape index (κ2) is 7.00. The van der Waals surface area contributed by atoms with Crippen LogP contribution in [0.5, 0.6) is 0 Å². The molecule has 0 aromatic heterocycles. The molecule has 0 heterocycles. The Labute approximate surface area is 153 Å². The number of nitrogens with two attached hydrogens (primary N) is 1. The summed E-state index contributed by atoms with van der Waals surface area (Å²) in [6.07, 6.45) is 6.05. The zero-order chi connectivity index (χ0) is 18.8. The van der Waals surface area contributed by atoms with Gasteiger partial charge >= 0.3 is 0 Å². The molecule has 0 bridgehead atoms. The Morgan fingerprint density at radius 2 is 1.88 bits per heavy atom. The van der Waals surface area contributed by atoms with Crippen LogP contribution >= 0.6 is 0 Å². The van der Waals surface area contributed by atoms with E-state index in [-0.39, 0.29) is 5.91 Å². The third-order valence-electron chi connectivity index (χ3n) is 4.67. The molecule has 1 aliphatic rings. The zero-order valence-electron chi connectivity index (χ0n) is 15.2. The number of carbonyl (C=O) groups is 2. The number of anilines is 1. The summed E-state index contributed by atoms with van der Waals surface area (Å²) in [6.45, 7) is 5.84. The molecule has 0 unspecified atom stereocenters. The molecule has 3 N–H and O–H groups in total. The van der Waals surface area contributed by atoms with Gasteiger partial charge < -0.3 is 11.1 Å². The smallest absolute Gasteiger partial charge is 0.249 e. The maximum atomic E-state index is 11.9. The van der Waals surface area contributed by atoms with Gasteiger partial charge in [-0.1, -0.05) is 35.9 Å². The molecule has 26 heavy (non-hydrogen) atoms. The predicted octanol–water partition coefficient (Wildman–Crippen LogP) is 4.23. The van der Waals surface area contributed by atoms with Crippen molar-refractivity contribution < 1.29 is 9.59 Å². The van der Waals surface area contributed by atoms with Gasteiger partial charge in [0, 0.05) is 11.3 Å². The van der Waals surface area contributed by atoms with E-state index in [1.807, 2.05) is 31.2 Å². The summed E-state index contributed by atoms with van der Waals surface area (Å²) in [5.74, 6) is -0.558. The number of primary amides is 1. The molecular formula is C22H22N2O2. The lowest BCUT2D eigenvalue weighted by atomic mass is 9.90. The summed E-state index contributed by atoms with van der Waals surface area (Å²) in [4.78, 5) is 23.7. The number of fused-ring (bicyclic) bond motifs is 1. The minimum atomic E-state index is -0.403. The molecule has 2 amide bonds. The van der Waals surface area contributed by atoms with E-state index in [9.17, 15) is 9.59 Å². The predicted molar refractivity (Wildman–Crippen MR) is 106 cm³/mol. The van der Waals surface area contributed by atoms with Crippen LogP contribution in [0.15, 0.2) is 48.1 Å². The topological polar surface area (TPSA) is 72.2 Å². The monoisotopic (exact) mass is 346 g/mol. The van der Waals surface area contributed by atoms with E-state index in [0.717, 1.165) is 39.9 Å². The van der Waals surface area contributed by atoms with Crippen molar-refractivity contribution in [1.29, 1.82) is 0 Å². The molecule has 2 aromatic carbocycles. The van der Waals surface area contributed by atoms with Crippen LogP contribution in [0.1, 0.15) is 40.9 Å². The minimum absolute atomic E-state index is 0.155. The molecule has 4 nitrogen and oxygen atoms in total. The van der Waals surface area contributed by atoms with Crippen LogP contribution in [0.2, 0.25) is 0 Å². The Morgan fingerprint density at radius 3 is 2.58 bits per heavy atom. The van der Waals surface area contributed by atoms with Gasteiger partial charge in [-0.25, -0.2) is 0 Å². The average Bonchev–Trinajstić information content (AvgIpc) is 2.97. The van der Waals surface area contributed by atoms with Crippen molar-refractivity contribution in [3.05, 3.63) is 70.3 Å². The van der Waals surface area contributed by atoms with Crippen molar-refractivity contribution in [2.24, 2.45) is 5.73 Å². The summed E-state index contributed by atoms with van der Waals surface area (Å²) in [5.41, 5.74) is 13.2. The van der Waals surface area contributed by atoms with Crippen LogP contribution in [0.4, 0.5) is 5.69 Å². The molecule has 0 atom stereocenters. The fraction of sp³-hybridized carbons (Fsp3) is 0.182. The largest absolute Gasteiger partial charge is 0.366 e. The van der Waals surface area contributed by atoms with Crippen molar-refractivity contribution in [3.63, 3.8) is 0 Å². The van der Waals surface area contributed by atoms with Gasteiger partial charge in [0.05, 0.1) is 0 Å². The fourth-order valence-electron chi connectivity index (χ4n) is 3.45. The van der Waals surface area contributed by atoms with E-state index >= 15 is 0 Å². The first kappa shape index (κ1) is 17.7. The lowest BCUT2D eigenvalue weighted by molar-refractivity contribution is -0.111. The number of amides is 2. The van der Waals surface area contributed by atoms with Crippen LogP contribution in [-0.2, 0) is 11.2 Å². The first-order valence-corrected chi connectivity index (χ1v) is 8.59. The van der Waals surface area contributed by atoms with E-state index < -0.39 is 5.91 Å². The highest BCUT2D eigenvalue weighted by atomic mass is 16.1. The van der Waals surface area contributed by atoms with Crippen LogP contribution in [-0.4, -0.2) is 11.8 Å². The molecule has 0 saturated carbocycles. The molecule has 3 rings (SSSR count). The van der Waals surface area contributed by atoms with Gasteiger partial charge in [-0.3, -0.25) is 9.59 Å². The second-order valence-corrected chi connectivity index (χ2v) is 6.55. The van der Waals surface area contributed by atoms with Gasteiger partial charge in [-0.2, -0.15) is 0 Å². The van der Waals surface area contributed by atoms with Crippen molar-refractivity contribution in [3.8, 4) is 11.1 Å². The summed E-state index contributed by atoms with van der Waals surface area (Å²) >= 11 is 0. The van der Waals surface area contributed by atoms with Gasteiger partial charge in [-0.15, -0.1) is 0 Å². The lowest BCUT2D eigenvalue weighted by Gasteiger charge is -2.16. The van der Waals surface area contributed by atoms with Gasteiger partial charge in [0.25, 0.3) is 0 Å². The molecule has 0 radical (unpaired) electrons. The molecule has 0 spiro atoms. The highest BCUT2D eigenvalue weighted by Crippen LogP contribution is 2.38. The fourth-order valence-corrected chi connectivity index (χ4v) is 3.45. The van der Waals surface area contributed by atoms with E-state index in [4.69, 9.17) is 5.73 Å². The number of carbonyl (C=O) groups excluding carboxylic acids is 2. The van der Waals surface area contributed by atoms with Gasteiger partial charge in [0.15, 0.2) is 0 Å². The SMILES string of the molecule is C/C=C/C(=O)Nc1cccc(-c2ccc(C(N)=O)c3c2C=C(C)C3)c1C. The van der Waals surface area contributed by atoms with Gasteiger partial charge in [0.2, 0.25) is 11.8 Å². The number of allylic oxidation sites excluding steroid dienone is 2. The Kier molecular flexibility index (Phi) is 4.76. The first-order chi connectivity index (χ1) is 12.4. The standard InChI is InChI=1S/C22H22N2O2/c1-4-6-21(25)24-20-8-5-7-15(14(20)3)16-9-10-17(22(23)26)19-12-13(2)11-18(16)19/h4-11H,12H2,1-3H3,(H2,23,26)(H,24,25)/b6-4+. The third kappa shape index (κ3) is 3.18.